The van der Waals surface area contributed by atoms with Gasteiger partial charge in [-0.2, -0.15) is 5.26 Å². The molecule has 1 aromatic heterocycles. The molecule has 0 saturated carbocycles. The van der Waals surface area contributed by atoms with Gasteiger partial charge in [0.25, 0.3) is 5.91 Å². The Morgan fingerprint density at radius 2 is 2.00 bits per heavy atom. The number of pyridine rings is 1. The zero-order valence-corrected chi connectivity index (χ0v) is 14.6. The molecular weight excluding hydrogens is 350 g/mol. The van der Waals surface area contributed by atoms with Crippen LogP contribution in [0.25, 0.3) is 11.3 Å². The van der Waals surface area contributed by atoms with Crippen LogP contribution in [0, 0.1) is 11.3 Å². The summed E-state index contributed by atoms with van der Waals surface area (Å²) in [5, 5.41) is 12.4. The highest BCUT2D eigenvalue weighted by atomic mass is 35.5. The van der Waals surface area contributed by atoms with Crippen LogP contribution < -0.4 is 10.1 Å². The zero-order chi connectivity index (χ0) is 18.5. The molecule has 0 radical (unpaired) electrons. The third kappa shape index (κ3) is 3.51. The second-order valence-corrected chi connectivity index (χ2v) is 5.77. The lowest BCUT2D eigenvalue weighted by atomic mass is 10.1. The third-order valence-electron chi connectivity index (χ3n) is 3.77. The van der Waals surface area contributed by atoms with Gasteiger partial charge in [0.2, 0.25) is 0 Å². The van der Waals surface area contributed by atoms with Crippen LogP contribution in [0.2, 0.25) is 5.02 Å². The normalized spacial score (nSPS) is 10.0. The number of anilines is 1. The summed E-state index contributed by atoms with van der Waals surface area (Å²) in [5.41, 5.74) is 2.51. The molecule has 26 heavy (non-hydrogen) atoms. The van der Waals surface area contributed by atoms with Crippen molar-refractivity contribution in [3.05, 3.63) is 76.9 Å². The van der Waals surface area contributed by atoms with Crippen LogP contribution in [-0.2, 0) is 0 Å². The van der Waals surface area contributed by atoms with Crippen LogP contribution in [-0.4, -0.2) is 18.0 Å². The molecule has 0 atom stereocenters. The van der Waals surface area contributed by atoms with Crippen molar-refractivity contribution in [1.29, 1.82) is 5.26 Å². The number of aromatic nitrogens is 1. The van der Waals surface area contributed by atoms with Crippen LogP contribution in [0.5, 0.6) is 5.75 Å². The summed E-state index contributed by atoms with van der Waals surface area (Å²) in [7, 11) is 1.52. The van der Waals surface area contributed by atoms with Crippen molar-refractivity contribution in [1.82, 2.24) is 4.98 Å². The van der Waals surface area contributed by atoms with E-state index in [2.05, 4.69) is 10.3 Å². The number of halogens is 1. The number of nitrogens with one attached hydrogen (secondary N) is 1. The number of hydrogen-bond acceptors (Lipinski definition) is 4. The molecule has 2 aromatic carbocycles. The molecule has 5 nitrogen and oxygen atoms in total. The number of methoxy groups -OCH3 is 1. The van der Waals surface area contributed by atoms with Gasteiger partial charge >= 0.3 is 0 Å². The van der Waals surface area contributed by atoms with Crippen molar-refractivity contribution in [2.75, 3.05) is 12.4 Å². The quantitative estimate of drug-likeness (QED) is 0.738. The van der Waals surface area contributed by atoms with Gasteiger partial charge in [0.15, 0.2) is 0 Å². The van der Waals surface area contributed by atoms with E-state index < -0.39 is 0 Å². The van der Waals surface area contributed by atoms with Gasteiger partial charge in [-0.15, -0.1) is 0 Å². The van der Waals surface area contributed by atoms with E-state index in [4.69, 9.17) is 21.6 Å². The van der Waals surface area contributed by atoms with E-state index in [1.807, 2.05) is 6.07 Å². The molecule has 1 N–H and O–H groups in total. The van der Waals surface area contributed by atoms with Gasteiger partial charge in [-0.3, -0.25) is 9.78 Å². The molecule has 1 heterocycles. The summed E-state index contributed by atoms with van der Waals surface area (Å²) in [6.07, 6.45) is 1.64. The summed E-state index contributed by atoms with van der Waals surface area (Å²) in [6.45, 7) is 0. The van der Waals surface area contributed by atoms with Crippen molar-refractivity contribution >= 4 is 23.2 Å². The molecule has 0 aliphatic rings. The molecule has 6 heteroatoms. The average molecular weight is 364 g/mol. The van der Waals surface area contributed by atoms with Crippen LogP contribution in [0.4, 0.5) is 5.69 Å². The molecule has 0 bridgehead atoms. The lowest BCUT2D eigenvalue weighted by Gasteiger charge is -2.12. The van der Waals surface area contributed by atoms with E-state index in [1.165, 1.54) is 7.11 Å². The number of rotatable bonds is 4. The van der Waals surface area contributed by atoms with Gasteiger partial charge in [-0.25, -0.2) is 0 Å². The first-order chi connectivity index (χ1) is 12.6. The Balaban J connectivity index is 1.94. The van der Waals surface area contributed by atoms with Gasteiger partial charge in [0.05, 0.1) is 29.1 Å². The molecule has 0 saturated heterocycles. The number of amides is 1. The average Bonchev–Trinajstić information content (AvgIpc) is 2.68. The molecule has 0 aliphatic carbocycles. The maximum Gasteiger partial charge on any atom is 0.255 e. The van der Waals surface area contributed by atoms with Crippen LogP contribution in [0.1, 0.15) is 15.9 Å². The highest BCUT2D eigenvalue weighted by Crippen LogP contribution is 2.33. The molecule has 3 rings (SSSR count). The van der Waals surface area contributed by atoms with E-state index in [1.54, 1.807) is 60.8 Å². The highest BCUT2D eigenvalue weighted by Gasteiger charge is 2.15. The predicted octanol–water partition coefficient (Wildman–Crippen LogP) is 4.53. The lowest BCUT2D eigenvalue weighted by Crippen LogP contribution is -2.13. The molecule has 0 unspecified atom stereocenters. The first kappa shape index (κ1) is 17.5. The predicted molar refractivity (Wildman–Crippen MR) is 100 cm³/mol. The van der Waals surface area contributed by atoms with E-state index in [0.29, 0.717) is 38.8 Å². The number of benzene rings is 2. The minimum Gasteiger partial charge on any atom is -0.496 e. The minimum atomic E-state index is -0.343. The standard InChI is InChI=1S/C20H14ClN3O2/c1-26-18-11-13(8-9-15(18)19-16(21)6-4-10-23-19)20(25)24-17-7-3-2-5-14(17)12-22/h2-11H,1H3,(H,24,25). The maximum atomic E-state index is 12.5. The summed E-state index contributed by atoms with van der Waals surface area (Å²) < 4.78 is 5.41. The van der Waals surface area contributed by atoms with Gasteiger partial charge in [-0.1, -0.05) is 23.7 Å². The fraction of sp³-hybridized carbons (Fsp3) is 0.0500. The Bertz CT molecular complexity index is 1010. The SMILES string of the molecule is COc1cc(C(=O)Nc2ccccc2C#N)ccc1-c1ncccc1Cl. The van der Waals surface area contributed by atoms with E-state index >= 15 is 0 Å². The summed E-state index contributed by atoms with van der Waals surface area (Å²) in [5.74, 6) is 0.136. The maximum absolute atomic E-state index is 12.5. The molecule has 0 aliphatic heterocycles. The van der Waals surface area contributed by atoms with Crippen molar-refractivity contribution in [3.8, 4) is 23.1 Å². The van der Waals surface area contributed by atoms with Gasteiger partial charge < -0.3 is 10.1 Å². The van der Waals surface area contributed by atoms with E-state index in [-0.39, 0.29) is 5.91 Å². The summed E-state index contributed by atoms with van der Waals surface area (Å²) >= 11 is 6.20. The first-order valence-electron chi connectivity index (χ1n) is 7.73. The van der Waals surface area contributed by atoms with Crippen molar-refractivity contribution in [2.45, 2.75) is 0 Å². The summed E-state index contributed by atoms with van der Waals surface area (Å²) in [4.78, 5) is 16.8. The Hall–Kier alpha value is -3.36. The Kier molecular flexibility index (Phi) is 5.16. The van der Waals surface area contributed by atoms with E-state index in [9.17, 15) is 4.79 Å². The van der Waals surface area contributed by atoms with Gasteiger partial charge in [0, 0.05) is 17.3 Å². The number of carbonyl (C=O) groups is 1. The van der Waals surface area contributed by atoms with Crippen LogP contribution in [0.15, 0.2) is 60.8 Å². The molecule has 0 fully saturated rings. The second kappa shape index (κ2) is 7.68. The molecule has 3 aromatic rings. The van der Waals surface area contributed by atoms with E-state index in [0.717, 1.165) is 0 Å². The minimum absolute atomic E-state index is 0.343. The Morgan fingerprint density at radius 1 is 1.19 bits per heavy atom. The third-order valence-corrected chi connectivity index (χ3v) is 4.08. The van der Waals surface area contributed by atoms with Crippen molar-refractivity contribution in [2.24, 2.45) is 0 Å². The zero-order valence-electron chi connectivity index (χ0n) is 13.9. The van der Waals surface area contributed by atoms with Crippen LogP contribution in [0.3, 0.4) is 0 Å². The number of nitriles is 1. The number of carbonyl (C=O) groups excluding carboxylic acids is 1. The number of para-hydroxylation sites is 1. The topological polar surface area (TPSA) is 75.0 Å². The molecule has 1 amide bonds. The van der Waals surface area contributed by atoms with Gasteiger partial charge in [-0.05, 0) is 42.5 Å². The van der Waals surface area contributed by atoms with Crippen molar-refractivity contribution in [3.63, 3.8) is 0 Å². The largest absolute Gasteiger partial charge is 0.496 e. The van der Waals surface area contributed by atoms with Crippen molar-refractivity contribution < 1.29 is 9.53 Å². The number of nitrogens with zero attached hydrogens (tertiary/aromatic N) is 2. The number of ether oxygens (including phenoxy) is 1. The molecule has 128 valence electrons. The first-order valence-corrected chi connectivity index (χ1v) is 8.11. The Labute approximate surface area is 155 Å². The Morgan fingerprint density at radius 3 is 2.73 bits per heavy atom. The second-order valence-electron chi connectivity index (χ2n) is 5.36. The number of hydrogen-bond donors (Lipinski definition) is 1. The molecule has 0 spiro atoms. The lowest BCUT2D eigenvalue weighted by molar-refractivity contribution is 0.102. The van der Waals surface area contributed by atoms with Crippen LogP contribution >= 0.6 is 11.6 Å². The summed E-state index contributed by atoms with van der Waals surface area (Å²) in [6, 6.07) is 17.4. The smallest absolute Gasteiger partial charge is 0.255 e. The fourth-order valence-corrected chi connectivity index (χ4v) is 2.72. The molecular formula is C20H14ClN3O2. The fourth-order valence-electron chi connectivity index (χ4n) is 2.50. The van der Waals surface area contributed by atoms with Gasteiger partial charge in [0.1, 0.15) is 11.8 Å². The monoisotopic (exact) mass is 363 g/mol. The highest BCUT2D eigenvalue weighted by molar-refractivity contribution is 6.33.